The largest absolute Gasteiger partial charge is 0.341 e. The van der Waals surface area contributed by atoms with Gasteiger partial charge in [-0.1, -0.05) is 0 Å². The lowest BCUT2D eigenvalue weighted by atomic mass is 9.95. The van der Waals surface area contributed by atoms with Crippen molar-refractivity contribution in [2.24, 2.45) is 5.92 Å². The van der Waals surface area contributed by atoms with Crippen LogP contribution in [0.5, 0.6) is 0 Å². The maximum Gasteiger partial charge on any atom is 0.245 e. The third-order valence-electron chi connectivity index (χ3n) is 5.71. The van der Waals surface area contributed by atoms with Crippen LogP contribution in [0.4, 0.5) is 0 Å². The van der Waals surface area contributed by atoms with E-state index < -0.39 is 23.8 Å². The molecule has 0 aliphatic carbocycles. The first-order valence-corrected chi connectivity index (χ1v) is 9.99. The van der Waals surface area contributed by atoms with E-state index in [1.54, 1.807) is 14.7 Å². The molecule has 3 heterocycles. The topological polar surface area (TPSA) is 107 Å². The van der Waals surface area contributed by atoms with Crippen molar-refractivity contribution in [1.29, 1.82) is 0 Å². The van der Waals surface area contributed by atoms with E-state index in [2.05, 4.69) is 5.32 Å². The fourth-order valence-electron chi connectivity index (χ4n) is 4.37. The summed E-state index contributed by atoms with van der Waals surface area (Å²) in [4.78, 5) is 66.0. The van der Waals surface area contributed by atoms with Crippen molar-refractivity contribution in [3.8, 4) is 0 Å². The minimum absolute atomic E-state index is 0.0141. The Kier molecular flexibility index (Phi) is 6.00. The van der Waals surface area contributed by atoms with Gasteiger partial charge in [-0.25, -0.2) is 0 Å². The number of imide groups is 1. The zero-order valence-electron chi connectivity index (χ0n) is 16.5. The summed E-state index contributed by atoms with van der Waals surface area (Å²) in [5.74, 6) is -1.69. The summed E-state index contributed by atoms with van der Waals surface area (Å²) in [5, 5.41) is 2.22. The van der Waals surface area contributed by atoms with Gasteiger partial charge < -0.3 is 14.7 Å². The summed E-state index contributed by atoms with van der Waals surface area (Å²) in [6.45, 7) is 5.62. The number of hydrogen-bond donors (Lipinski definition) is 1. The standard InChI is InChI=1S/C19H28N4O5/c1-12(2)23-14(4-5-17(23)26)19(28)22-7-3-6-21(8-9-22)18(27)13-10-15(24)20-16(25)11-13/h12-14H,3-11H2,1-2H3,(H,20,24,25)/t14-/m0/s1. The molecular weight excluding hydrogens is 364 g/mol. The highest BCUT2D eigenvalue weighted by Gasteiger charge is 2.40. The summed E-state index contributed by atoms with van der Waals surface area (Å²) >= 11 is 0. The molecule has 1 atom stereocenters. The number of nitrogens with one attached hydrogen (secondary N) is 1. The molecule has 3 rings (SSSR count). The van der Waals surface area contributed by atoms with Crippen LogP contribution in [0.2, 0.25) is 0 Å². The second-order valence-corrected chi connectivity index (χ2v) is 8.03. The molecule has 0 radical (unpaired) electrons. The zero-order chi connectivity index (χ0) is 20.4. The van der Waals surface area contributed by atoms with E-state index in [1.807, 2.05) is 13.8 Å². The molecule has 154 valence electrons. The van der Waals surface area contributed by atoms with Crippen molar-refractivity contribution < 1.29 is 24.0 Å². The highest BCUT2D eigenvalue weighted by Crippen LogP contribution is 2.24. The van der Waals surface area contributed by atoms with Gasteiger partial charge in [-0.05, 0) is 26.7 Å². The zero-order valence-corrected chi connectivity index (χ0v) is 16.5. The lowest BCUT2D eigenvalue weighted by Crippen LogP contribution is -2.50. The van der Waals surface area contributed by atoms with Gasteiger partial charge >= 0.3 is 0 Å². The normalized spacial score (nSPS) is 24.6. The average Bonchev–Trinajstić information content (AvgIpc) is 2.86. The van der Waals surface area contributed by atoms with Crippen LogP contribution in [0.15, 0.2) is 0 Å². The van der Waals surface area contributed by atoms with E-state index in [1.165, 1.54) is 0 Å². The smallest absolute Gasteiger partial charge is 0.245 e. The Labute approximate surface area is 164 Å². The van der Waals surface area contributed by atoms with Crippen LogP contribution in [0.1, 0.15) is 46.0 Å². The SMILES string of the molecule is CC(C)N1C(=O)CC[C@H]1C(=O)N1CCCN(C(=O)C2CC(=O)NC(=O)C2)CC1. The van der Waals surface area contributed by atoms with Gasteiger partial charge in [-0.3, -0.25) is 29.3 Å². The molecule has 1 N–H and O–H groups in total. The van der Waals surface area contributed by atoms with Crippen molar-refractivity contribution >= 4 is 29.5 Å². The summed E-state index contributed by atoms with van der Waals surface area (Å²) in [7, 11) is 0. The molecule has 0 aromatic heterocycles. The molecule has 3 aliphatic heterocycles. The minimum Gasteiger partial charge on any atom is -0.341 e. The van der Waals surface area contributed by atoms with Crippen LogP contribution >= 0.6 is 0 Å². The summed E-state index contributed by atoms with van der Waals surface area (Å²) < 4.78 is 0. The van der Waals surface area contributed by atoms with Crippen LogP contribution < -0.4 is 5.32 Å². The number of carbonyl (C=O) groups excluding carboxylic acids is 5. The quantitative estimate of drug-likeness (QED) is 0.652. The predicted octanol–water partition coefficient (Wildman–Crippen LogP) is -0.500. The van der Waals surface area contributed by atoms with Crippen molar-refractivity contribution in [1.82, 2.24) is 20.0 Å². The third kappa shape index (κ3) is 4.18. The second kappa shape index (κ2) is 8.28. The van der Waals surface area contributed by atoms with E-state index in [9.17, 15) is 24.0 Å². The van der Waals surface area contributed by atoms with Crippen LogP contribution in [0, 0.1) is 5.92 Å². The van der Waals surface area contributed by atoms with Gasteiger partial charge in [0, 0.05) is 51.5 Å². The first kappa shape index (κ1) is 20.3. The Bertz CT molecular complexity index is 676. The Morgan fingerprint density at radius 1 is 0.929 bits per heavy atom. The molecular formula is C19H28N4O5. The fourth-order valence-corrected chi connectivity index (χ4v) is 4.37. The van der Waals surface area contributed by atoms with E-state index in [-0.39, 0.29) is 36.6 Å². The maximum absolute atomic E-state index is 13.0. The molecule has 3 fully saturated rings. The van der Waals surface area contributed by atoms with Crippen molar-refractivity contribution in [2.45, 2.75) is 58.0 Å². The molecule has 9 nitrogen and oxygen atoms in total. The Morgan fingerprint density at radius 2 is 1.50 bits per heavy atom. The maximum atomic E-state index is 13.0. The number of hydrogen-bond acceptors (Lipinski definition) is 5. The Morgan fingerprint density at radius 3 is 2.07 bits per heavy atom. The highest BCUT2D eigenvalue weighted by atomic mass is 16.2. The number of likely N-dealkylation sites (tertiary alicyclic amines) is 1. The molecule has 9 heteroatoms. The molecule has 0 aromatic carbocycles. The van der Waals surface area contributed by atoms with Gasteiger partial charge in [0.25, 0.3) is 0 Å². The first-order valence-electron chi connectivity index (χ1n) is 9.99. The fraction of sp³-hybridized carbons (Fsp3) is 0.737. The molecule has 5 amide bonds. The van der Waals surface area contributed by atoms with Crippen molar-refractivity contribution in [2.75, 3.05) is 26.2 Å². The van der Waals surface area contributed by atoms with Gasteiger partial charge in [-0.15, -0.1) is 0 Å². The Balaban J connectivity index is 1.61. The van der Waals surface area contributed by atoms with E-state index >= 15 is 0 Å². The number of amides is 5. The number of rotatable bonds is 3. The molecule has 0 unspecified atom stereocenters. The molecule has 0 aromatic rings. The lowest BCUT2D eigenvalue weighted by molar-refractivity contribution is -0.145. The van der Waals surface area contributed by atoms with Gasteiger partial charge in [0.15, 0.2) is 0 Å². The predicted molar refractivity (Wildman–Crippen MR) is 98.7 cm³/mol. The number of piperidine rings is 1. The summed E-state index contributed by atoms with van der Waals surface area (Å²) in [6, 6.07) is -0.446. The molecule has 3 aliphatic rings. The van der Waals surface area contributed by atoms with E-state index in [4.69, 9.17) is 0 Å². The number of carbonyl (C=O) groups is 5. The van der Waals surface area contributed by atoms with Gasteiger partial charge in [0.2, 0.25) is 29.5 Å². The van der Waals surface area contributed by atoms with E-state index in [0.717, 1.165) is 0 Å². The molecule has 0 saturated carbocycles. The van der Waals surface area contributed by atoms with Crippen LogP contribution in [-0.2, 0) is 24.0 Å². The molecule has 3 saturated heterocycles. The monoisotopic (exact) mass is 392 g/mol. The minimum atomic E-state index is -0.618. The second-order valence-electron chi connectivity index (χ2n) is 8.03. The number of nitrogens with zero attached hydrogens (tertiary/aromatic N) is 3. The van der Waals surface area contributed by atoms with Crippen LogP contribution in [0.3, 0.4) is 0 Å². The third-order valence-corrected chi connectivity index (χ3v) is 5.71. The van der Waals surface area contributed by atoms with E-state index in [0.29, 0.717) is 45.4 Å². The van der Waals surface area contributed by atoms with Gasteiger partial charge in [-0.2, -0.15) is 0 Å². The molecule has 0 spiro atoms. The first-order chi connectivity index (χ1) is 13.3. The molecule has 0 bridgehead atoms. The van der Waals surface area contributed by atoms with Crippen molar-refractivity contribution in [3.63, 3.8) is 0 Å². The van der Waals surface area contributed by atoms with Crippen LogP contribution in [0.25, 0.3) is 0 Å². The van der Waals surface area contributed by atoms with Crippen molar-refractivity contribution in [3.05, 3.63) is 0 Å². The molecule has 28 heavy (non-hydrogen) atoms. The Hall–Kier alpha value is -2.45. The highest BCUT2D eigenvalue weighted by molar-refractivity contribution is 6.02. The lowest BCUT2D eigenvalue weighted by Gasteiger charge is -2.32. The van der Waals surface area contributed by atoms with Gasteiger partial charge in [0.05, 0.1) is 5.92 Å². The summed E-state index contributed by atoms with van der Waals surface area (Å²) in [6.07, 6.45) is 1.61. The average molecular weight is 392 g/mol. The van der Waals surface area contributed by atoms with Crippen LogP contribution in [-0.4, -0.2) is 82.5 Å². The summed E-state index contributed by atoms with van der Waals surface area (Å²) in [5.41, 5.74) is 0. The van der Waals surface area contributed by atoms with Gasteiger partial charge in [0.1, 0.15) is 6.04 Å².